The van der Waals surface area contributed by atoms with Gasteiger partial charge < -0.3 is 14.6 Å². The number of hydrogen-bond donors (Lipinski definition) is 1. The molecule has 2 aromatic carbocycles. The third kappa shape index (κ3) is 4.74. The summed E-state index contributed by atoms with van der Waals surface area (Å²) in [7, 11) is 2.76. The molecule has 0 bridgehead atoms. The third-order valence-electron chi connectivity index (χ3n) is 6.24. The molecule has 37 heavy (non-hydrogen) atoms. The van der Waals surface area contributed by atoms with Gasteiger partial charge in [0.05, 0.1) is 31.5 Å². The van der Waals surface area contributed by atoms with E-state index in [4.69, 9.17) is 9.47 Å². The number of aliphatic hydroxyl groups is 1. The summed E-state index contributed by atoms with van der Waals surface area (Å²) in [6.45, 7) is 7.89. The largest absolute Gasteiger partial charge is 0.507 e. The lowest BCUT2D eigenvalue weighted by Crippen LogP contribution is -2.29. The van der Waals surface area contributed by atoms with Crippen molar-refractivity contribution in [3.05, 3.63) is 81.4 Å². The number of rotatable bonds is 5. The van der Waals surface area contributed by atoms with Crippen LogP contribution in [0.2, 0.25) is 0 Å². The second kappa shape index (κ2) is 9.82. The van der Waals surface area contributed by atoms with Gasteiger partial charge in [-0.05, 0) is 35.6 Å². The van der Waals surface area contributed by atoms with Crippen molar-refractivity contribution in [3.63, 3.8) is 0 Å². The third-order valence-corrected chi connectivity index (χ3v) is 7.38. The number of nitrogens with zero attached hydrogens (tertiary/aromatic N) is 2. The Morgan fingerprint density at radius 2 is 1.76 bits per heavy atom. The molecular weight excluding hydrogens is 492 g/mol. The number of thiazole rings is 1. The van der Waals surface area contributed by atoms with E-state index in [1.54, 1.807) is 31.2 Å². The van der Waals surface area contributed by atoms with Crippen LogP contribution < -0.4 is 9.64 Å². The fourth-order valence-corrected chi connectivity index (χ4v) is 5.22. The number of anilines is 1. The van der Waals surface area contributed by atoms with Gasteiger partial charge in [-0.25, -0.2) is 9.78 Å². The van der Waals surface area contributed by atoms with Gasteiger partial charge in [-0.2, -0.15) is 0 Å². The zero-order valence-corrected chi connectivity index (χ0v) is 22.3. The quantitative estimate of drug-likeness (QED) is 0.214. The van der Waals surface area contributed by atoms with Crippen LogP contribution in [0.1, 0.15) is 58.9 Å². The molecule has 9 heteroatoms. The first-order valence-electron chi connectivity index (χ1n) is 11.6. The average molecular weight is 521 g/mol. The van der Waals surface area contributed by atoms with Crippen LogP contribution in [0, 0.1) is 6.92 Å². The van der Waals surface area contributed by atoms with Crippen molar-refractivity contribution in [3.8, 4) is 5.75 Å². The maximum atomic E-state index is 13.4. The zero-order valence-electron chi connectivity index (χ0n) is 21.5. The number of aryl methyl sites for hydroxylation is 1. The summed E-state index contributed by atoms with van der Waals surface area (Å²) in [5, 5.41) is 11.5. The molecule has 0 radical (unpaired) electrons. The summed E-state index contributed by atoms with van der Waals surface area (Å²) >= 11 is 0.960. The predicted molar refractivity (Wildman–Crippen MR) is 141 cm³/mol. The lowest BCUT2D eigenvalue weighted by atomic mass is 9.85. The van der Waals surface area contributed by atoms with E-state index in [2.05, 4.69) is 25.8 Å². The molecule has 1 aromatic heterocycles. The van der Waals surface area contributed by atoms with E-state index in [0.717, 1.165) is 16.9 Å². The number of esters is 1. The van der Waals surface area contributed by atoms with E-state index >= 15 is 0 Å². The number of carbonyl (C=O) groups excluding carboxylic acids is 3. The fraction of sp³-hybridized carbons (Fsp3) is 0.286. The van der Waals surface area contributed by atoms with E-state index < -0.39 is 23.7 Å². The van der Waals surface area contributed by atoms with Gasteiger partial charge in [0.2, 0.25) is 0 Å². The summed E-state index contributed by atoms with van der Waals surface area (Å²) in [6, 6.07) is 13.2. The number of amides is 1. The fourth-order valence-electron chi connectivity index (χ4n) is 4.20. The molecule has 1 aliphatic heterocycles. The molecular formula is C28H28N2O6S. The van der Waals surface area contributed by atoms with Crippen LogP contribution in [0.25, 0.3) is 5.76 Å². The van der Waals surface area contributed by atoms with Crippen molar-refractivity contribution in [2.75, 3.05) is 19.1 Å². The topological polar surface area (TPSA) is 106 Å². The maximum Gasteiger partial charge on any atom is 0.350 e. The number of methoxy groups -OCH3 is 2. The summed E-state index contributed by atoms with van der Waals surface area (Å²) in [6.07, 6.45) is 0. The molecule has 0 aliphatic carbocycles. The number of Topliss-reactive ketones (excluding diaryl/α,β-unsaturated/α-hetero) is 1. The maximum absolute atomic E-state index is 13.4. The van der Waals surface area contributed by atoms with Crippen LogP contribution in [-0.2, 0) is 19.7 Å². The van der Waals surface area contributed by atoms with Gasteiger partial charge in [-0.1, -0.05) is 68.5 Å². The number of hydrogen-bond acceptors (Lipinski definition) is 8. The first kappa shape index (κ1) is 26.1. The summed E-state index contributed by atoms with van der Waals surface area (Å²) in [5.41, 5.74) is 2.21. The van der Waals surface area contributed by atoms with Crippen LogP contribution in [0.4, 0.5) is 5.13 Å². The van der Waals surface area contributed by atoms with Gasteiger partial charge in [0.1, 0.15) is 16.4 Å². The lowest BCUT2D eigenvalue weighted by Gasteiger charge is -2.24. The minimum absolute atomic E-state index is 0.0748. The van der Waals surface area contributed by atoms with Gasteiger partial charge in [0.15, 0.2) is 5.13 Å². The van der Waals surface area contributed by atoms with Crippen LogP contribution in [0.5, 0.6) is 5.75 Å². The lowest BCUT2D eigenvalue weighted by molar-refractivity contribution is -0.132. The highest BCUT2D eigenvalue weighted by Gasteiger charge is 2.48. The molecule has 0 spiro atoms. The highest BCUT2D eigenvalue weighted by Crippen LogP contribution is 2.44. The highest BCUT2D eigenvalue weighted by molar-refractivity contribution is 7.17. The second-order valence-corrected chi connectivity index (χ2v) is 10.7. The standard InChI is InChI=1S/C28H28N2O6S/c1-15-24(26(34)36-6)37-27(29-15)30-21(16-10-12-18(13-11-16)28(2,3)4)20(23(32)25(30)33)22(31)17-8-7-9-19(14-17)35-5/h7-14,21,31H,1-6H3/t21-/m0/s1. The molecule has 1 saturated heterocycles. The zero-order chi connectivity index (χ0) is 27.1. The van der Waals surface area contributed by atoms with E-state index in [1.807, 2.05) is 24.3 Å². The molecule has 192 valence electrons. The molecule has 1 amide bonds. The van der Waals surface area contributed by atoms with Crippen LogP contribution in [-0.4, -0.2) is 42.0 Å². The van der Waals surface area contributed by atoms with Gasteiger partial charge in [-0.15, -0.1) is 0 Å². The SMILES string of the molecule is COC(=O)c1sc(N2C(=O)C(=O)C(=C(O)c3cccc(OC)c3)[C@@H]2c2ccc(C(C)(C)C)cc2)nc1C. The second-order valence-electron chi connectivity index (χ2n) is 9.68. The Hall–Kier alpha value is -3.98. The van der Waals surface area contributed by atoms with Crippen molar-refractivity contribution in [2.45, 2.75) is 39.2 Å². The van der Waals surface area contributed by atoms with E-state index in [9.17, 15) is 19.5 Å². The monoisotopic (exact) mass is 520 g/mol. The van der Waals surface area contributed by atoms with Crippen molar-refractivity contribution >= 4 is 39.9 Å². The Morgan fingerprint density at radius 1 is 1.08 bits per heavy atom. The molecule has 1 N–H and O–H groups in total. The van der Waals surface area contributed by atoms with Crippen molar-refractivity contribution in [2.24, 2.45) is 0 Å². The number of aliphatic hydroxyl groups excluding tert-OH is 1. The number of benzene rings is 2. The minimum atomic E-state index is -0.962. The Kier molecular flexibility index (Phi) is 6.92. The molecule has 1 fully saturated rings. The Bertz CT molecular complexity index is 1420. The normalized spacial score (nSPS) is 17.2. The molecule has 3 aromatic rings. The highest BCUT2D eigenvalue weighted by atomic mass is 32.1. The van der Waals surface area contributed by atoms with Gasteiger partial charge in [0.25, 0.3) is 5.78 Å². The molecule has 8 nitrogen and oxygen atoms in total. The summed E-state index contributed by atoms with van der Waals surface area (Å²) in [4.78, 5) is 44.9. The minimum Gasteiger partial charge on any atom is -0.507 e. The Labute approximate surface area is 219 Å². The molecule has 0 saturated carbocycles. The number of ketones is 1. The molecule has 4 rings (SSSR count). The van der Waals surface area contributed by atoms with Gasteiger partial charge in [0, 0.05) is 5.56 Å². The molecule has 1 atom stereocenters. The van der Waals surface area contributed by atoms with Gasteiger partial charge >= 0.3 is 11.9 Å². The predicted octanol–water partition coefficient (Wildman–Crippen LogP) is 5.17. The summed E-state index contributed by atoms with van der Waals surface area (Å²) in [5.74, 6) is -2.12. The van der Waals surface area contributed by atoms with E-state index in [1.165, 1.54) is 19.1 Å². The van der Waals surface area contributed by atoms with Crippen molar-refractivity contribution in [1.29, 1.82) is 0 Å². The van der Waals surface area contributed by atoms with Crippen LogP contribution in [0.15, 0.2) is 54.1 Å². The number of aromatic nitrogens is 1. The van der Waals surface area contributed by atoms with Crippen LogP contribution >= 0.6 is 11.3 Å². The number of carbonyl (C=O) groups is 3. The van der Waals surface area contributed by atoms with Crippen molar-refractivity contribution in [1.82, 2.24) is 4.98 Å². The smallest absolute Gasteiger partial charge is 0.350 e. The molecule has 2 heterocycles. The number of ether oxygens (including phenoxy) is 2. The van der Waals surface area contributed by atoms with Crippen LogP contribution in [0.3, 0.4) is 0 Å². The van der Waals surface area contributed by atoms with Crippen molar-refractivity contribution < 1.29 is 29.0 Å². The average Bonchev–Trinajstić information content (AvgIpc) is 3.39. The Morgan fingerprint density at radius 3 is 2.35 bits per heavy atom. The Balaban J connectivity index is 1.94. The van der Waals surface area contributed by atoms with E-state index in [-0.39, 0.29) is 26.8 Å². The first-order chi connectivity index (χ1) is 17.5. The first-order valence-corrected chi connectivity index (χ1v) is 12.4. The van der Waals surface area contributed by atoms with Gasteiger partial charge in [-0.3, -0.25) is 14.5 Å². The summed E-state index contributed by atoms with van der Waals surface area (Å²) < 4.78 is 10.1. The molecule has 0 unspecified atom stereocenters. The van der Waals surface area contributed by atoms with E-state index in [0.29, 0.717) is 22.6 Å². The molecule has 1 aliphatic rings.